The molecule has 0 saturated heterocycles. The van der Waals surface area contributed by atoms with Gasteiger partial charge in [-0.15, -0.1) is 0 Å². The van der Waals surface area contributed by atoms with Crippen molar-refractivity contribution >= 4 is 0 Å². The van der Waals surface area contributed by atoms with Gasteiger partial charge in [0.05, 0.1) is 19.8 Å². The Labute approximate surface area is 185 Å². The number of aromatic hydroxyl groups is 1. The summed E-state index contributed by atoms with van der Waals surface area (Å²) >= 11 is 0. The summed E-state index contributed by atoms with van der Waals surface area (Å²) in [5, 5.41) is 11.0. The number of hydrogen-bond acceptors (Lipinski definition) is 4. The summed E-state index contributed by atoms with van der Waals surface area (Å²) in [7, 11) is 0. The lowest BCUT2D eigenvalue weighted by atomic mass is 9.95. The van der Waals surface area contributed by atoms with Crippen molar-refractivity contribution in [1.29, 1.82) is 0 Å². The van der Waals surface area contributed by atoms with Crippen LogP contribution in [0.3, 0.4) is 0 Å². The van der Waals surface area contributed by atoms with Gasteiger partial charge < -0.3 is 19.3 Å². The third kappa shape index (κ3) is 6.50. The highest BCUT2D eigenvalue weighted by atomic mass is 16.5. The summed E-state index contributed by atoms with van der Waals surface area (Å²) in [6.07, 6.45) is 1.29. The van der Waals surface area contributed by atoms with Crippen LogP contribution in [0.15, 0.2) is 60.7 Å². The Hall–Kier alpha value is -2.98. The molecule has 4 heteroatoms. The van der Waals surface area contributed by atoms with Gasteiger partial charge in [0.15, 0.2) is 0 Å². The molecule has 0 bridgehead atoms. The van der Waals surface area contributed by atoms with Crippen LogP contribution in [0.5, 0.6) is 17.2 Å². The highest BCUT2D eigenvalue weighted by Gasteiger charge is 2.12. The van der Waals surface area contributed by atoms with E-state index in [1.165, 1.54) is 0 Å². The molecule has 0 radical (unpaired) electrons. The summed E-state index contributed by atoms with van der Waals surface area (Å²) in [6, 6.07) is 20.2. The summed E-state index contributed by atoms with van der Waals surface area (Å²) in [5.74, 6) is 2.07. The van der Waals surface area contributed by atoms with Crippen LogP contribution in [-0.2, 0) is 24.2 Å². The fourth-order valence-electron chi connectivity index (χ4n) is 3.59. The number of phenolic OH excluding ortho intramolecular Hbond substituents is 1. The molecule has 3 aromatic rings. The molecule has 0 atom stereocenters. The molecule has 0 heterocycles. The minimum Gasteiger partial charge on any atom is -0.507 e. The molecule has 0 aliphatic carbocycles. The maximum Gasteiger partial charge on any atom is 0.122 e. The van der Waals surface area contributed by atoms with E-state index in [0.717, 1.165) is 39.3 Å². The predicted octanol–water partition coefficient (Wildman–Crippen LogP) is 5.91. The van der Waals surface area contributed by atoms with Crippen LogP contribution < -0.4 is 9.47 Å². The topological polar surface area (TPSA) is 47.9 Å². The first-order valence-corrected chi connectivity index (χ1v) is 11.0. The van der Waals surface area contributed by atoms with Gasteiger partial charge in [-0.05, 0) is 85.0 Å². The zero-order valence-corrected chi connectivity index (χ0v) is 18.7. The molecule has 3 rings (SSSR count). The van der Waals surface area contributed by atoms with Gasteiger partial charge in [0.2, 0.25) is 0 Å². The number of ether oxygens (including phenoxy) is 3. The number of phenols is 1. The van der Waals surface area contributed by atoms with E-state index in [1.807, 2.05) is 81.4 Å². The van der Waals surface area contributed by atoms with Crippen LogP contribution in [0.4, 0.5) is 0 Å². The molecule has 4 nitrogen and oxygen atoms in total. The monoisotopic (exact) mass is 420 g/mol. The zero-order valence-electron chi connectivity index (χ0n) is 18.7. The van der Waals surface area contributed by atoms with E-state index in [0.29, 0.717) is 45.0 Å². The highest BCUT2D eigenvalue weighted by molar-refractivity contribution is 5.48. The fourth-order valence-corrected chi connectivity index (χ4v) is 3.59. The summed E-state index contributed by atoms with van der Waals surface area (Å²) < 4.78 is 16.7. The van der Waals surface area contributed by atoms with Gasteiger partial charge in [-0.25, -0.2) is 0 Å². The first-order valence-electron chi connectivity index (χ1n) is 11.0. The van der Waals surface area contributed by atoms with Gasteiger partial charge in [0, 0.05) is 19.4 Å². The van der Waals surface area contributed by atoms with Gasteiger partial charge in [0.25, 0.3) is 0 Å². The number of rotatable bonds is 11. The van der Waals surface area contributed by atoms with E-state index in [-0.39, 0.29) is 0 Å². The van der Waals surface area contributed by atoms with Gasteiger partial charge >= 0.3 is 0 Å². The second-order valence-corrected chi connectivity index (χ2v) is 7.41. The van der Waals surface area contributed by atoms with Crippen molar-refractivity contribution < 1.29 is 19.3 Å². The Morgan fingerprint density at radius 2 is 1.06 bits per heavy atom. The molecular formula is C27H32O4. The maximum absolute atomic E-state index is 11.0. The first kappa shape index (κ1) is 22.7. The predicted molar refractivity (Wildman–Crippen MR) is 124 cm³/mol. The largest absolute Gasteiger partial charge is 0.507 e. The van der Waals surface area contributed by atoms with Crippen molar-refractivity contribution in [2.75, 3.05) is 19.8 Å². The molecule has 0 spiro atoms. The second kappa shape index (κ2) is 11.4. The average Bonchev–Trinajstić information content (AvgIpc) is 2.78. The normalized spacial score (nSPS) is 10.8. The van der Waals surface area contributed by atoms with Gasteiger partial charge in [0.1, 0.15) is 17.2 Å². The third-order valence-electron chi connectivity index (χ3n) is 5.06. The summed E-state index contributed by atoms with van der Waals surface area (Å²) in [5.41, 5.74) is 5.13. The Balaban J connectivity index is 1.85. The van der Waals surface area contributed by atoms with E-state index in [4.69, 9.17) is 14.2 Å². The molecule has 0 unspecified atom stereocenters. The lowest BCUT2D eigenvalue weighted by Gasteiger charge is -2.14. The third-order valence-corrected chi connectivity index (χ3v) is 5.06. The van der Waals surface area contributed by atoms with E-state index in [1.54, 1.807) is 0 Å². The Kier molecular flexibility index (Phi) is 8.36. The first-order chi connectivity index (χ1) is 15.1. The van der Waals surface area contributed by atoms with Crippen LogP contribution in [0.2, 0.25) is 0 Å². The Morgan fingerprint density at radius 3 is 1.45 bits per heavy atom. The van der Waals surface area contributed by atoms with E-state index in [2.05, 4.69) is 0 Å². The van der Waals surface area contributed by atoms with Crippen molar-refractivity contribution in [3.05, 3.63) is 88.5 Å². The van der Waals surface area contributed by atoms with Crippen molar-refractivity contribution in [2.45, 2.75) is 40.2 Å². The van der Waals surface area contributed by atoms with Crippen LogP contribution in [0.1, 0.15) is 48.6 Å². The number of benzene rings is 3. The van der Waals surface area contributed by atoms with Crippen LogP contribution >= 0.6 is 0 Å². The molecule has 0 saturated carbocycles. The quantitative estimate of drug-likeness (QED) is 0.419. The van der Waals surface area contributed by atoms with Crippen molar-refractivity contribution in [3.63, 3.8) is 0 Å². The van der Waals surface area contributed by atoms with E-state index in [9.17, 15) is 5.11 Å². The molecule has 31 heavy (non-hydrogen) atoms. The minimum atomic E-state index is 0.350. The van der Waals surface area contributed by atoms with E-state index >= 15 is 0 Å². The van der Waals surface area contributed by atoms with Crippen molar-refractivity contribution in [3.8, 4) is 17.2 Å². The fraction of sp³-hybridized carbons (Fsp3) is 0.333. The molecule has 0 aliphatic rings. The molecular weight excluding hydrogens is 388 g/mol. The lowest BCUT2D eigenvalue weighted by molar-refractivity contribution is 0.134. The van der Waals surface area contributed by atoms with Crippen LogP contribution in [0, 0.1) is 0 Å². The molecule has 0 aromatic heterocycles. The molecule has 3 aromatic carbocycles. The maximum atomic E-state index is 11.0. The standard InChI is InChI=1S/C27H32O4/c1-4-29-19-22-17-23(15-20-7-11-25(12-8-20)30-5-2)27(28)24(18-22)16-21-9-13-26(14-10-21)31-6-3/h7-14,17-18,28H,4-6,15-16,19H2,1-3H3. The second-order valence-electron chi connectivity index (χ2n) is 7.41. The van der Waals surface area contributed by atoms with Gasteiger partial charge in [-0.3, -0.25) is 0 Å². The summed E-state index contributed by atoms with van der Waals surface area (Å²) in [4.78, 5) is 0. The molecule has 1 N–H and O–H groups in total. The molecule has 0 amide bonds. The minimum absolute atomic E-state index is 0.350. The average molecular weight is 421 g/mol. The smallest absolute Gasteiger partial charge is 0.122 e. The van der Waals surface area contributed by atoms with Crippen LogP contribution in [-0.4, -0.2) is 24.9 Å². The molecule has 164 valence electrons. The van der Waals surface area contributed by atoms with Crippen molar-refractivity contribution in [2.24, 2.45) is 0 Å². The van der Waals surface area contributed by atoms with Crippen LogP contribution in [0.25, 0.3) is 0 Å². The SMILES string of the molecule is CCOCc1cc(Cc2ccc(OCC)cc2)c(O)c(Cc2ccc(OCC)cc2)c1. The highest BCUT2D eigenvalue weighted by Crippen LogP contribution is 2.30. The van der Waals surface area contributed by atoms with Gasteiger partial charge in [-0.2, -0.15) is 0 Å². The zero-order chi connectivity index (χ0) is 22.1. The van der Waals surface area contributed by atoms with Gasteiger partial charge in [-0.1, -0.05) is 24.3 Å². The lowest BCUT2D eigenvalue weighted by Crippen LogP contribution is -2.00. The number of hydrogen-bond donors (Lipinski definition) is 1. The molecule has 0 fully saturated rings. The molecule has 0 aliphatic heterocycles. The summed E-state index contributed by atoms with van der Waals surface area (Å²) in [6.45, 7) is 8.42. The Bertz CT molecular complexity index is 873. The Morgan fingerprint density at radius 1 is 0.613 bits per heavy atom. The van der Waals surface area contributed by atoms with Crippen molar-refractivity contribution in [1.82, 2.24) is 0 Å². The van der Waals surface area contributed by atoms with E-state index < -0.39 is 0 Å².